The lowest BCUT2D eigenvalue weighted by molar-refractivity contribution is 0.531. The molecule has 0 aliphatic rings. The predicted octanol–water partition coefficient (Wildman–Crippen LogP) is 3.03. The predicted molar refractivity (Wildman–Crippen MR) is 72.5 cm³/mol. The first-order valence-corrected chi connectivity index (χ1v) is 7.43. The van der Waals surface area contributed by atoms with Crippen LogP contribution in [-0.4, -0.2) is 21.7 Å². The van der Waals surface area contributed by atoms with Crippen LogP contribution in [0.3, 0.4) is 0 Å². The number of aryl methyl sites for hydroxylation is 1. The summed E-state index contributed by atoms with van der Waals surface area (Å²) in [5.41, 5.74) is 2.89. The fourth-order valence-electron chi connectivity index (χ4n) is 1.63. The zero-order valence-corrected chi connectivity index (χ0v) is 11.9. The topological polar surface area (TPSA) is 50.7 Å². The van der Waals surface area contributed by atoms with Gasteiger partial charge < -0.3 is 5.32 Å². The Bertz CT molecular complexity index is 477. The van der Waals surface area contributed by atoms with Crippen LogP contribution in [0, 0.1) is 6.92 Å². The van der Waals surface area contributed by atoms with Gasteiger partial charge in [-0.05, 0) is 19.9 Å². The molecule has 0 saturated carbocycles. The third-order valence-electron chi connectivity index (χ3n) is 2.54. The fraction of sp³-hybridized carbons (Fsp3) is 0.545. The Kier molecular flexibility index (Phi) is 4.20. The van der Waals surface area contributed by atoms with E-state index in [1.54, 1.807) is 22.7 Å². The molecule has 0 amide bonds. The van der Waals surface area contributed by atoms with E-state index in [4.69, 9.17) is 0 Å². The van der Waals surface area contributed by atoms with Crippen LogP contribution < -0.4 is 5.32 Å². The summed E-state index contributed by atoms with van der Waals surface area (Å²) in [6, 6.07) is 0.319. The number of rotatable bonds is 5. The smallest absolute Gasteiger partial charge is 0.159 e. The summed E-state index contributed by atoms with van der Waals surface area (Å²) in [4.78, 5) is 5.38. The van der Waals surface area contributed by atoms with Gasteiger partial charge in [-0.2, -0.15) is 0 Å². The number of aromatic nitrogens is 3. The Hall–Kier alpha value is -0.850. The van der Waals surface area contributed by atoms with Gasteiger partial charge in [0.05, 0.1) is 22.1 Å². The van der Waals surface area contributed by atoms with Crippen LogP contribution in [0.1, 0.15) is 37.0 Å². The van der Waals surface area contributed by atoms with Gasteiger partial charge in [0, 0.05) is 0 Å². The number of hydrogen-bond acceptors (Lipinski definition) is 6. The first kappa shape index (κ1) is 12.6. The van der Waals surface area contributed by atoms with E-state index >= 15 is 0 Å². The minimum absolute atomic E-state index is 0.319. The highest BCUT2D eigenvalue weighted by atomic mass is 32.1. The molecule has 0 aromatic carbocycles. The molecule has 92 valence electrons. The molecule has 2 heterocycles. The molecule has 17 heavy (non-hydrogen) atoms. The van der Waals surface area contributed by atoms with Crippen LogP contribution in [0.15, 0.2) is 5.51 Å². The van der Waals surface area contributed by atoms with Gasteiger partial charge in [-0.25, -0.2) is 4.98 Å². The first-order chi connectivity index (χ1) is 8.26. The number of hydrogen-bond donors (Lipinski definition) is 1. The molecule has 0 aliphatic carbocycles. The highest BCUT2D eigenvalue weighted by Gasteiger charge is 2.16. The maximum absolute atomic E-state index is 4.29. The van der Waals surface area contributed by atoms with E-state index < -0.39 is 0 Å². The maximum atomic E-state index is 4.29. The van der Waals surface area contributed by atoms with Crippen molar-refractivity contribution in [3.8, 4) is 9.88 Å². The van der Waals surface area contributed by atoms with Crippen molar-refractivity contribution in [2.24, 2.45) is 0 Å². The summed E-state index contributed by atoms with van der Waals surface area (Å²) >= 11 is 3.29. The zero-order valence-electron chi connectivity index (χ0n) is 10.2. The average Bonchev–Trinajstić information content (AvgIpc) is 2.94. The minimum Gasteiger partial charge on any atom is -0.308 e. The molecular formula is C11H16N4S2. The molecule has 1 N–H and O–H groups in total. The van der Waals surface area contributed by atoms with Crippen molar-refractivity contribution in [2.45, 2.75) is 33.2 Å². The van der Waals surface area contributed by atoms with E-state index in [9.17, 15) is 0 Å². The quantitative estimate of drug-likeness (QED) is 0.905. The summed E-state index contributed by atoms with van der Waals surface area (Å²) < 4.78 is 0. The second kappa shape index (κ2) is 5.66. The van der Waals surface area contributed by atoms with Crippen molar-refractivity contribution < 1.29 is 0 Å². The molecule has 0 bridgehead atoms. The summed E-state index contributed by atoms with van der Waals surface area (Å²) in [5, 5.41) is 14.0. The molecule has 0 aliphatic heterocycles. The summed E-state index contributed by atoms with van der Waals surface area (Å²) in [6.45, 7) is 7.23. The fourth-order valence-corrected chi connectivity index (χ4v) is 3.57. The zero-order chi connectivity index (χ0) is 12.3. The second-order valence-electron chi connectivity index (χ2n) is 3.73. The number of nitrogens with one attached hydrogen (secondary N) is 1. The Labute approximate surface area is 109 Å². The SMILES string of the molecule is CCNC(CC)c1nnc(-c2scnc2C)s1. The molecule has 0 fully saturated rings. The third-order valence-corrected chi connectivity index (χ3v) is 4.66. The van der Waals surface area contributed by atoms with Crippen LogP contribution in [0.2, 0.25) is 0 Å². The molecular weight excluding hydrogens is 252 g/mol. The van der Waals surface area contributed by atoms with Gasteiger partial charge in [-0.15, -0.1) is 21.5 Å². The standard InChI is InChI=1S/C11H16N4S2/c1-4-8(12-5-2)10-14-15-11(17-10)9-7(3)13-6-16-9/h6,8,12H,4-5H2,1-3H3. The molecule has 2 aromatic heterocycles. The lowest BCUT2D eigenvalue weighted by Gasteiger charge is -2.10. The lowest BCUT2D eigenvalue weighted by atomic mass is 10.2. The Morgan fingerprint density at radius 3 is 2.76 bits per heavy atom. The van der Waals surface area contributed by atoms with Gasteiger partial charge in [-0.3, -0.25) is 0 Å². The molecule has 1 atom stereocenters. The van der Waals surface area contributed by atoms with Crippen molar-refractivity contribution in [2.75, 3.05) is 6.54 Å². The van der Waals surface area contributed by atoms with Crippen molar-refractivity contribution in [3.63, 3.8) is 0 Å². The van der Waals surface area contributed by atoms with Crippen molar-refractivity contribution in [1.82, 2.24) is 20.5 Å². The molecule has 0 radical (unpaired) electrons. The Morgan fingerprint density at radius 1 is 1.35 bits per heavy atom. The number of thiazole rings is 1. The van der Waals surface area contributed by atoms with E-state index in [1.807, 2.05) is 12.4 Å². The van der Waals surface area contributed by atoms with Gasteiger partial charge in [0.2, 0.25) is 0 Å². The maximum Gasteiger partial charge on any atom is 0.159 e. The highest BCUT2D eigenvalue weighted by molar-refractivity contribution is 7.20. The van der Waals surface area contributed by atoms with E-state index in [-0.39, 0.29) is 0 Å². The van der Waals surface area contributed by atoms with E-state index in [2.05, 4.69) is 34.3 Å². The van der Waals surface area contributed by atoms with Gasteiger partial charge in [-0.1, -0.05) is 25.2 Å². The van der Waals surface area contributed by atoms with E-state index in [1.165, 1.54) is 0 Å². The van der Waals surface area contributed by atoms with Crippen molar-refractivity contribution in [3.05, 3.63) is 16.2 Å². The van der Waals surface area contributed by atoms with Crippen molar-refractivity contribution >= 4 is 22.7 Å². The third kappa shape index (κ3) is 2.70. The number of nitrogens with zero attached hydrogens (tertiary/aromatic N) is 3. The second-order valence-corrected chi connectivity index (χ2v) is 5.59. The van der Waals surface area contributed by atoms with Crippen LogP contribution in [0.5, 0.6) is 0 Å². The normalized spacial score (nSPS) is 12.9. The van der Waals surface area contributed by atoms with Crippen LogP contribution in [-0.2, 0) is 0 Å². The monoisotopic (exact) mass is 268 g/mol. The van der Waals surface area contributed by atoms with Gasteiger partial charge in [0.15, 0.2) is 5.01 Å². The Balaban J connectivity index is 2.24. The van der Waals surface area contributed by atoms with Crippen molar-refractivity contribution in [1.29, 1.82) is 0 Å². The molecule has 2 rings (SSSR count). The summed E-state index contributed by atoms with van der Waals surface area (Å²) in [7, 11) is 0. The lowest BCUT2D eigenvalue weighted by Crippen LogP contribution is -2.19. The van der Waals surface area contributed by atoms with Gasteiger partial charge >= 0.3 is 0 Å². The molecule has 0 spiro atoms. The largest absolute Gasteiger partial charge is 0.308 e. The molecule has 6 heteroatoms. The van der Waals surface area contributed by atoms with Gasteiger partial charge in [0.25, 0.3) is 0 Å². The molecule has 0 saturated heterocycles. The summed E-state index contributed by atoms with van der Waals surface area (Å²) in [6.07, 6.45) is 1.03. The van der Waals surface area contributed by atoms with Gasteiger partial charge in [0.1, 0.15) is 5.01 Å². The van der Waals surface area contributed by atoms with Crippen LogP contribution >= 0.6 is 22.7 Å². The molecule has 4 nitrogen and oxygen atoms in total. The Morgan fingerprint density at radius 2 is 2.18 bits per heavy atom. The first-order valence-electron chi connectivity index (χ1n) is 5.73. The molecule has 2 aromatic rings. The van der Waals surface area contributed by atoms with Crippen LogP contribution in [0.25, 0.3) is 9.88 Å². The average molecular weight is 268 g/mol. The molecule has 1 unspecified atom stereocenters. The van der Waals surface area contributed by atoms with E-state index in [0.29, 0.717) is 6.04 Å². The van der Waals surface area contributed by atoms with E-state index in [0.717, 1.165) is 33.6 Å². The minimum atomic E-state index is 0.319. The van der Waals surface area contributed by atoms with Crippen LogP contribution in [0.4, 0.5) is 0 Å². The highest BCUT2D eigenvalue weighted by Crippen LogP contribution is 2.32. The summed E-state index contributed by atoms with van der Waals surface area (Å²) in [5.74, 6) is 0.